The van der Waals surface area contributed by atoms with Crippen LogP contribution < -0.4 is 10.6 Å². The van der Waals surface area contributed by atoms with Crippen LogP contribution in [0.15, 0.2) is 17.6 Å². The number of hydrogen-bond acceptors (Lipinski definition) is 11. The van der Waals surface area contributed by atoms with Crippen molar-refractivity contribution in [2.45, 2.75) is 32.2 Å². The van der Waals surface area contributed by atoms with Crippen LogP contribution in [0.5, 0.6) is 0 Å². The van der Waals surface area contributed by atoms with E-state index in [0.717, 1.165) is 42.2 Å². The van der Waals surface area contributed by atoms with Crippen LogP contribution in [-0.2, 0) is 6.54 Å². The molecule has 0 radical (unpaired) electrons. The summed E-state index contributed by atoms with van der Waals surface area (Å²) in [4.78, 5) is 28.7. The van der Waals surface area contributed by atoms with Crippen molar-refractivity contribution in [1.29, 1.82) is 5.26 Å². The molecule has 1 saturated heterocycles. The van der Waals surface area contributed by atoms with Crippen LogP contribution in [0.3, 0.4) is 0 Å². The van der Waals surface area contributed by atoms with Crippen LogP contribution in [0.2, 0.25) is 0 Å². The fraction of sp³-hybridized carbons (Fsp3) is 0.421. The molecule has 3 aromatic rings. The second-order valence-corrected chi connectivity index (χ2v) is 8.86. The second-order valence-electron chi connectivity index (χ2n) is 7.16. The largest absolute Gasteiger partial charge is 0.346 e. The van der Waals surface area contributed by atoms with Crippen molar-refractivity contribution < 1.29 is 4.79 Å². The number of likely N-dealkylation sites (tertiary alicyclic amines) is 1. The van der Waals surface area contributed by atoms with Crippen molar-refractivity contribution in [2.24, 2.45) is 0 Å². The summed E-state index contributed by atoms with van der Waals surface area (Å²) in [5.74, 6) is 0.460. The molecule has 0 spiro atoms. The van der Waals surface area contributed by atoms with E-state index in [1.165, 1.54) is 22.9 Å². The quantitative estimate of drug-likeness (QED) is 0.515. The summed E-state index contributed by atoms with van der Waals surface area (Å²) in [6.07, 6.45) is 3.80. The summed E-state index contributed by atoms with van der Waals surface area (Å²) in [7, 11) is 0. The Hall–Kier alpha value is -3.01. The van der Waals surface area contributed by atoms with Gasteiger partial charge in [-0.05, 0) is 43.9 Å². The van der Waals surface area contributed by atoms with Crippen LogP contribution >= 0.6 is 22.9 Å². The Balaban J connectivity index is 1.37. The first kappa shape index (κ1) is 21.2. The third-order valence-electron chi connectivity index (χ3n) is 5.01. The van der Waals surface area contributed by atoms with Gasteiger partial charge in [-0.25, -0.2) is 15.0 Å². The summed E-state index contributed by atoms with van der Waals surface area (Å²) in [6, 6.07) is 4.14. The van der Waals surface area contributed by atoms with Gasteiger partial charge in [0.05, 0.1) is 35.4 Å². The monoisotopic (exact) mass is 455 g/mol. The SMILES string of the molecule is Cc1nnsc1CNC(=O)c1csc(Nc2nccc([C@@H]3CCCN(CC#N)C3)n2)n1. The highest BCUT2D eigenvalue weighted by Gasteiger charge is 2.22. The Morgan fingerprint density at radius 1 is 1.42 bits per heavy atom. The molecule has 0 unspecified atom stereocenters. The highest BCUT2D eigenvalue weighted by Crippen LogP contribution is 2.26. The van der Waals surface area contributed by atoms with Crippen molar-refractivity contribution in [2.75, 3.05) is 25.0 Å². The number of nitriles is 1. The van der Waals surface area contributed by atoms with Crippen molar-refractivity contribution in [3.05, 3.63) is 39.6 Å². The predicted molar refractivity (Wildman–Crippen MR) is 117 cm³/mol. The van der Waals surface area contributed by atoms with Gasteiger partial charge in [-0.1, -0.05) is 4.49 Å². The number of amides is 1. The third-order valence-corrected chi connectivity index (χ3v) is 6.59. The van der Waals surface area contributed by atoms with Crippen molar-refractivity contribution >= 4 is 39.9 Å². The topological polar surface area (TPSA) is 133 Å². The fourth-order valence-electron chi connectivity index (χ4n) is 3.40. The van der Waals surface area contributed by atoms with E-state index in [0.29, 0.717) is 29.9 Å². The molecule has 12 heteroatoms. The molecule has 0 saturated carbocycles. The second kappa shape index (κ2) is 9.86. The molecule has 3 aromatic heterocycles. The van der Waals surface area contributed by atoms with Gasteiger partial charge in [0, 0.05) is 24.0 Å². The maximum Gasteiger partial charge on any atom is 0.271 e. The fourth-order valence-corrected chi connectivity index (χ4v) is 4.65. The molecule has 1 fully saturated rings. The summed E-state index contributed by atoms with van der Waals surface area (Å²) in [6.45, 7) is 4.44. The molecular formula is C19H21N9OS2. The standard InChI is InChI=1S/C19H21N9OS2/c1-12-16(31-27-26-12)9-22-17(29)15-11-30-19(24-15)25-18-21-6-4-14(23-18)13-3-2-7-28(10-13)8-5-20/h4,6,11,13H,2-3,7-10H2,1H3,(H,22,29)(H,21,23,24,25)/t13-/m1/s1. The van der Waals surface area contributed by atoms with E-state index in [1.54, 1.807) is 11.6 Å². The van der Waals surface area contributed by atoms with E-state index in [4.69, 9.17) is 5.26 Å². The normalized spacial score (nSPS) is 16.6. The van der Waals surface area contributed by atoms with Gasteiger partial charge in [-0.2, -0.15) is 5.26 Å². The number of carbonyl (C=O) groups excluding carboxylic acids is 1. The zero-order valence-corrected chi connectivity index (χ0v) is 18.5. The lowest BCUT2D eigenvalue weighted by Gasteiger charge is -2.30. The Labute approximate surface area is 187 Å². The first-order chi connectivity index (χ1) is 15.1. The summed E-state index contributed by atoms with van der Waals surface area (Å²) in [5.41, 5.74) is 2.10. The summed E-state index contributed by atoms with van der Waals surface area (Å²) >= 11 is 2.59. The number of hydrogen-bond donors (Lipinski definition) is 2. The van der Waals surface area contributed by atoms with E-state index >= 15 is 0 Å². The maximum absolute atomic E-state index is 12.4. The summed E-state index contributed by atoms with van der Waals surface area (Å²) < 4.78 is 3.86. The molecular weight excluding hydrogens is 434 g/mol. The molecule has 10 nitrogen and oxygen atoms in total. The highest BCUT2D eigenvalue weighted by molar-refractivity contribution is 7.14. The van der Waals surface area contributed by atoms with Gasteiger partial charge >= 0.3 is 0 Å². The minimum absolute atomic E-state index is 0.258. The molecule has 1 amide bonds. The van der Waals surface area contributed by atoms with Crippen LogP contribution in [-0.4, -0.2) is 55.0 Å². The van der Waals surface area contributed by atoms with Gasteiger partial charge in [0.2, 0.25) is 5.95 Å². The van der Waals surface area contributed by atoms with Crippen LogP contribution in [0.4, 0.5) is 11.1 Å². The molecule has 160 valence electrons. The van der Waals surface area contributed by atoms with Gasteiger partial charge in [-0.3, -0.25) is 9.69 Å². The number of aromatic nitrogens is 5. The average molecular weight is 456 g/mol. The molecule has 0 bridgehead atoms. The van der Waals surface area contributed by atoms with Crippen LogP contribution in [0.25, 0.3) is 0 Å². The highest BCUT2D eigenvalue weighted by atomic mass is 32.1. The number of nitrogens with zero attached hydrogens (tertiary/aromatic N) is 7. The molecule has 1 aliphatic rings. The number of rotatable bonds is 7. The molecule has 4 heterocycles. The van der Waals surface area contributed by atoms with E-state index in [-0.39, 0.29) is 11.8 Å². The number of carbonyl (C=O) groups is 1. The number of nitrogens with one attached hydrogen (secondary N) is 2. The average Bonchev–Trinajstić information content (AvgIpc) is 3.41. The molecule has 1 aliphatic heterocycles. The first-order valence-electron chi connectivity index (χ1n) is 9.83. The van der Waals surface area contributed by atoms with E-state index in [9.17, 15) is 4.79 Å². The maximum atomic E-state index is 12.4. The smallest absolute Gasteiger partial charge is 0.271 e. The Morgan fingerprint density at radius 3 is 3.13 bits per heavy atom. The van der Waals surface area contributed by atoms with Crippen molar-refractivity contribution in [1.82, 2.24) is 34.8 Å². The molecule has 2 N–H and O–H groups in total. The molecule has 0 aromatic carbocycles. The number of thiazole rings is 1. The molecule has 4 rings (SSSR count). The van der Waals surface area contributed by atoms with Crippen LogP contribution in [0.1, 0.15) is 45.5 Å². The molecule has 31 heavy (non-hydrogen) atoms. The molecule has 0 aliphatic carbocycles. The molecule has 1 atom stereocenters. The van der Waals surface area contributed by atoms with Gasteiger partial charge in [0.15, 0.2) is 5.13 Å². The lowest BCUT2D eigenvalue weighted by Crippen LogP contribution is -2.34. The van der Waals surface area contributed by atoms with Crippen molar-refractivity contribution in [3.63, 3.8) is 0 Å². The minimum atomic E-state index is -0.258. The van der Waals surface area contributed by atoms with Gasteiger partial charge < -0.3 is 10.6 Å². The van der Waals surface area contributed by atoms with E-state index in [2.05, 4.69) is 46.1 Å². The number of aryl methyl sites for hydroxylation is 1. The Morgan fingerprint density at radius 2 is 2.32 bits per heavy atom. The first-order valence-corrected chi connectivity index (χ1v) is 11.5. The zero-order chi connectivity index (χ0) is 21.6. The van der Waals surface area contributed by atoms with Crippen molar-refractivity contribution in [3.8, 4) is 6.07 Å². The zero-order valence-electron chi connectivity index (χ0n) is 16.9. The lowest BCUT2D eigenvalue weighted by atomic mass is 9.94. The van der Waals surface area contributed by atoms with E-state index in [1.807, 2.05) is 13.0 Å². The summed E-state index contributed by atoms with van der Waals surface area (Å²) in [5, 5.41) is 21.1. The minimum Gasteiger partial charge on any atom is -0.346 e. The predicted octanol–water partition coefficient (Wildman–Crippen LogP) is 2.47. The lowest BCUT2D eigenvalue weighted by molar-refractivity contribution is 0.0947. The van der Waals surface area contributed by atoms with E-state index < -0.39 is 0 Å². The van der Waals surface area contributed by atoms with Gasteiger partial charge in [0.25, 0.3) is 5.91 Å². The number of piperidine rings is 1. The van der Waals surface area contributed by atoms with Gasteiger partial charge in [-0.15, -0.1) is 16.4 Å². The van der Waals surface area contributed by atoms with Gasteiger partial charge in [0.1, 0.15) is 5.69 Å². The Bertz CT molecular complexity index is 1090. The number of anilines is 2. The Kier molecular flexibility index (Phi) is 6.76. The van der Waals surface area contributed by atoms with Crippen LogP contribution in [0, 0.1) is 18.3 Å². The third kappa shape index (κ3) is 5.38.